The second-order valence-corrected chi connectivity index (χ2v) is 7.32. The Morgan fingerprint density at radius 3 is 2.19 bits per heavy atom. The lowest BCUT2D eigenvalue weighted by molar-refractivity contribution is 0.0521. The SMILES string of the molecule is CCOC(=O)c1ccc(C(=O)N2CCN(C(=O)c3ccc(C)c(OC)c3)CC2)nc1C. The highest BCUT2D eigenvalue weighted by Crippen LogP contribution is 2.21. The zero-order valence-corrected chi connectivity index (χ0v) is 18.3. The minimum atomic E-state index is -0.452. The average Bonchev–Trinajstić information content (AvgIpc) is 2.78. The lowest BCUT2D eigenvalue weighted by Gasteiger charge is -2.34. The van der Waals surface area contributed by atoms with Gasteiger partial charge in [-0.25, -0.2) is 9.78 Å². The standard InChI is InChI=1S/C23H27N3O5/c1-5-31-23(29)18-8-9-19(24-16(18)3)22(28)26-12-10-25(11-13-26)21(27)17-7-6-15(2)20(14-17)30-4/h6-9,14H,5,10-13H2,1-4H3. The van der Waals surface area contributed by atoms with Crippen LogP contribution in [-0.4, -0.2) is 72.5 Å². The molecule has 0 N–H and O–H groups in total. The van der Waals surface area contributed by atoms with Gasteiger partial charge in [0.05, 0.1) is 25.0 Å². The second-order valence-electron chi connectivity index (χ2n) is 7.32. The molecule has 1 fully saturated rings. The normalized spacial score (nSPS) is 13.7. The molecule has 1 aliphatic heterocycles. The molecule has 0 atom stereocenters. The summed E-state index contributed by atoms with van der Waals surface area (Å²) in [5.41, 5.74) is 2.60. The number of esters is 1. The number of methoxy groups -OCH3 is 1. The minimum Gasteiger partial charge on any atom is -0.496 e. The fourth-order valence-electron chi connectivity index (χ4n) is 3.51. The quantitative estimate of drug-likeness (QED) is 0.684. The predicted molar refractivity (Wildman–Crippen MR) is 114 cm³/mol. The van der Waals surface area contributed by atoms with Gasteiger partial charge in [-0.05, 0) is 50.6 Å². The number of piperazine rings is 1. The third-order valence-electron chi connectivity index (χ3n) is 5.31. The molecule has 0 radical (unpaired) electrons. The molecule has 2 amide bonds. The summed E-state index contributed by atoms with van der Waals surface area (Å²) >= 11 is 0. The van der Waals surface area contributed by atoms with Crippen molar-refractivity contribution in [1.29, 1.82) is 0 Å². The van der Waals surface area contributed by atoms with E-state index in [-0.39, 0.29) is 24.1 Å². The van der Waals surface area contributed by atoms with E-state index in [0.29, 0.717) is 48.7 Å². The number of ether oxygens (including phenoxy) is 2. The van der Waals surface area contributed by atoms with Crippen molar-refractivity contribution in [3.05, 3.63) is 58.4 Å². The number of amides is 2. The van der Waals surface area contributed by atoms with Crippen molar-refractivity contribution < 1.29 is 23.9 Å². The second kappa shape index (κ2) is 9.59. The van der Waals surface area contributed by atoms with Crippen molar-refractivity contribution in [1.82, 2.24) is 14.8 Å². The number of pyridine rings is 1. The van der Waals surface area contributed by atoms with E-state index in [2.05, 4.69) is 4.98 Å². The van der Waals surface area contributed by atoms with Gasteiger partial charge in [-0.2, -0.15) is 0 Å². The Labute approximate surface area is 181 Å². The largest absolute Gasteiger partial charge is 0.496 e. The Morgan fingerprint density at radius 2 is 1.61 bits per heavy atom. The first-order valence-corrected chi connectivity index (χ1v) is 10.2. The number of aromatic nitrogens is 1. The van der Waals surface area contributed by atoms with Gasteiger partial charge in [-0.1, -0.05) is 6.07 Å². The van der Waals surface area contributed by atoms with Gasteiger partial charge in [0.15, 0.2) is 0 Å². The molecular weight excluding hydrogens is 398 g/mol. The summed E-state index contributed by atoms with van der Waals surface area (Å²) in [6.45, 7) is 7.29. The van der Waals surface area contributed by atoms with Gasteiger partial charge in [-0.15, -0.1) is 0 Å². The zero-order chi connectivity index (χ0) is 22.5. The van der Waals surface area contributed by atoms with Gasteiger partial charge in [-0.3, -0.25) is 9.59 Å². The molecule has 1 aromatic heterocycles. The Kier molecular flexibility index (Phi) is 6.89. The Hall–Kier alpha value is -3.42. The molecule has 1 saturated heterocycles. The van der Waals surface area contributed by atoms with Crippen LogP contribution < -0.4 is 4.74 Å². The van der Waals surface area contributed by atoms with Crippen LogP contribution in [0.3, 0.4) is 0 Å². The topological polar surface area (TPSA) is 89.0 Å². The number of hydrogen-bond acceptors (Lipinski definition) is 6. The van der Waals surface area contributed by atoms with Gasteiger partial charge >= 0.3 is 5.97 Å². The van der Waals surface area contributed by atoms with Crippen molar-refractivity contribution in [2.24, 2.45) is 0 Å². The third-order valence-corrected chi connectivity index (χ3v) is 5.31. The Morgan fingerprint density at radius 1 is 0.968 bits per heavy atom. The number of rotatable bonds is 5. The number of carbonyl (C=O) groups is 3. The highest BCUT2D eigenvalue weighted by atomic mass is 16.5. The zero-order valence-electron chi connectivity index (χ0n) is 18.3. The first kappa shape index (κ1) is 22.3. The van der Waals surface area contributed by atoms with Crippen molar-refractivity contribution in [3.63, 3.8) is 0 Å². The smallest absolute Gasteiger partial charge is 0.339 e. The van der Waals surface area contributed by atoms with Crippen molar-refractivity contribution >= 4 is 17.8 Å². The van der Waals surface area contributed by atoms with E-state index in [1.165, 1.54) is 6.07 Å². The highest BCUT2D eigenvalue weighted by molar-refractivity contribution is 5.96. The van der Waals surface area contributed by atoms with Crippen LogP contribution in [0.15, 0.2) is 30.3 Å². The van der Waals surface area contributed by atoms with E-state index in [1.54, 1.807) is 49.0 Å². The Bertz CT molecular complexity index is 997. The molecule has 0 aliphatic carbocycles. The summed E-state index contributed by atoms with van der Waals surface area (Å²) in [5.74, 6) is -0.0838. The van der Waals surface area contributed by atoms with E-state index in [0.717, 1.165) is 5.56 Å². The number of nitrogens with zero attached hydrogens (tertiary/aromatic N) is 3. The van der Waals surface area contributed by atoms with E-state index >= 15 is 0 Å². The number of benzene rings is 1. The molecule has 2 heterocycles. The fraction of sp³-hybridized carbons (Fsp3) is 0.391. The molecular formula is C23H27N3O5. The lowest BCUT2D eigenvalue weighted by atomic mass is 10.1. The molecule has 2 aromatic rings. The summed E-state index contributed by atoms with van der Waals surface area (Å²) < 4.78 is 10.3. The summed E-state index contributed by atoms with van der Waals surface area (Å²) in [4.78, 5) is 45.3. The molecule has 1 aliphatic rings. The van der Waals surface area contributed by atoms with Crippen LogP contribution in [0.25, 0.3) is 0 Å². The molecule has 31 heavy (non-hydrogen) atoms. The maximum Gasteiger partial charge on any atom is 0.339 e. The van der Waals surface area contributed by atoms with Crippen LogP contribution in [0, 0.1) is 13.8 Å². The number of aryl methyl sites for hydroxylation is 2. The van der Waals surface area contributed by atoms with Crippen LogP contribution in [-0.2, 0) is 4.74 Å². The van der Waals surface area contributed by atoms with E-state index in [1.807, 2.05) is 13.0 Å². The van der Waals surface area contributed by atoms with Crippen LogP contribution in [0.2, 0.25) is 0 Å². The van der Waals surface area contributed by atoms with Crippen molar-refractivity contribution in [2.45, 2.75) is 20.8 Å². The van der Waals surface area contributed by atoms with Gasteiger partial charge < -0.3 is 19.3 Å². The Balaban J connectivity index is 1.64. The number of carbonyl (C=O) groups excluding carboxylic acids is 3. The highest BCUT2D eigenvalue weighted by Gasteiger charge is 2.27. The van der Waals surface area contributed by atoms with Crippen LogP contribution in [0.1, 0.15) is 49.4 Å². The maximum absolute atomic E-state index is 12.9. The summed E-state index contributed by atoms with van der Waals surface area (Å²) in [6, 6.07) is 8.50. The summed E-state index contributed by atoms with van der Waals surface area (Å²) in [7, 11) is 1.58. The van der Waals surface area contributed by atoms with Crippen molar-refractivity contribution in [3.8, 4) is 5.75 Å². The fourth-order valence-corrected chi connectivity index (χ4v) is 3.51. The lowest BCUT2D eigenvalue weighted by Crippen LogP contribution is -2.50. The van der Waals surface area contributed by atoms with E-state index in [9.17, 15) is 14.4 Å². The molecule has 0 unspecified atom stereocenters. The summed E-state index contributed by atoms with van der Waals surface area (Å²) in [6.07, 6.45) is 0. The first-order valence-electron chi connectivity index (χ1n) is 10.2. The molecule has 8 nitrogen and oxygen atoms in total. The minimum absolute atomic E-state index is 0.0850. The molecule has 3 rings (SSSR count). The predicted octanol–water partition coefficient (Wildman–Crippen LogP) is 2.48. The summed E-state index contributed by atoms with van der Waals surface area (Å²) in [5, 5.41) is 0. The first-order chi connectivity index (χ1) is 14.8. The van der Waals surface area contributed by atoms with Crippen LogP contribution in [0.5, 0.6) is 5.75 Å². The van der Waals surface area contributed by atoms with Gasteiger partial charge in [0.2, 0.25) is 0 Å². The molecule has 164 valence electrons. The average molecular weight is 425 g/mol. The molecule has 8 heteroatoms. The van der Waals surface area contributed by atoms with Crippen molar-refractivity contribution in [2.75, 3.05) is 39.9 Å². The molecule has 0 saturated carbocycles. The number of hydrogen-bond donors (Lipinski definition) is 0. The van der Waals surface area contributed by atoms with E-state index < -0.39 is 5.97 Å². The van der Waals surface area contributed by atoms with Gasteiger partial charge in [0.25, 0.3) is 11.8 Å². The van der Waals surface area contributed by atoms with Gasteiger partial charge in [0.1, 0.15) is 11.4 Å². The van der Waals surface area contributed by atoms with Crippen LogP contribution in [0.4, 0.5) is 0 Å². The monoisotopic (exact) mass is 425 g/mol. The van der Waals surface area contributed by atoms with Crippen LogP contribution >= 0.6 is 0 Å². The molecule has 0 bridgehead atoms. The third kappa shape index (κ3) is 4.84. The van der Waals surface area contributed by atoms with E-state index in [4.69, 9.17) is 9.47 Å². The molecule has 0 spiro atoms. The molecule has 1 aromatic carbocycles. The van der Waals surface area contributed by atoms with Gasteiger partial charge in [0, 0.05) is 31.7 Å². The maximum atomic E-state index is 12.9.